The van der Waals surface area contributed by atoms with Crippen LogP contribution in [0.15, 0.2) is 66.0 Å². The third-order valence-electron chi connectivity index (χ3n) is 4.70. The summed E-state index contributed by atoms with van der Waals surface area (Å²) >= 11 is 7.34. The van der Waals surface area contributed by atoms with E-state index in [-0.39, 0.29) is 11.8 Å². The van der Waals surface area contributed by atoms with Gasteiger partial charge < -0.3 is 10.6 Å². The molecule has 3 aromatic rings. The quantitative estimate of drug-likeness (QED) is 0.612. The normalized spacial score (nSPS) is 14.4. The Hall–Kier alpha value is -2.63. The van der Waals surface area contributed by atoms with E-state index in [0.29, 0.717) is 21.3 Å². The van der Waals surface area contributed by atoms with E-state index in [1.807, 2.05) is 47.8 Å². The van der Waals surface area contributed by atoms with Gasteiger partial charge in [0.1, 0.15) is 0 Å². The number of carbonyl (C=O) groups is 2. The van der Waals surface area contributed by atoms with Crippen LogP contribution in [0.2, 0.25) is 5.02 Å². The predicted molar refractivity (Wildman–Crippen MR) is 110 cm³/mol. The molecule has 27 heavy (non-hydrogen) atoms. The minimum atomic E-state index is -0.485. The minimum Gasteiger partial charge on any atom is -0.325 e. The Bertz CT molecular complexity index is 980. The van der Waals surface area contributed by atoms with E-state index in [1.54, 1.807) is 18.2 Å². The Morgan fingerprint density at radius 3 is 2.26 bits per heavy atom. The van der Waals surface area contributed by atoms with Gasteiger partial charge in [-0.1, -0.05) is 35.9 Å². The molecule has 1 aliphatic carbocycles. The monoisotopic (exact) mass is 396 g/mol. The summed E-state index contributed by atoms with van der Waals surface area (Å²) in [7, 11) is 0. The second-order valence-electron chi connectivity index (χ2n) is 6.56. The highest BCUT2D eigenvalue weighted by molar-refractivity contribution is 7.12. The molecular weight excluding hydrogens is 380 g/mol. The first-order chi connectivity index (χ1) is 13.1. The SMILES string of the molecule is O=C(Nc1cccc(NC(=O)C2(c3ccc(Cl)cc3)CC2)c1)c1cccs1. The molecule has 0 unspecified atom stereocenters. The third kappa shape index (κ3) is 3.75. The number of hydrogen-bond donors (Lipinski definition) is 2. The lowest BCUT2D eigenvalue weighted by Gasteiger charge is -2.16. The lowest BCUT2D eigenvalue weighted by molar-refractivity contribution is -0.118. The molecule has 1 fully saturated rings. The molecule has 0 atom stereocenters. The average molecular weight is 397 g/mol. The predicted octanol–water partition coefficient (Wildman–Crippen LogP) is 5.32. The zero-order valence-electron chi connectivity index (χ0n) is 14.4. The van der Waals surface area contributed by atoms with Crippen LogP contribution in [0.1, 0.15) is 28.1 Å². The third-order valence-corrected chi connectivity index (χ3v) is 5.83. The van der Waals surface area contributed by atoms with Crippen molar-refractivity contribution in [2.24, 2.45) is 0 Å². The van der Waals surface area contributed by atoms with Crippen molar-refractivity contribution in [2.75, 3.05) is 10.6 Å². The number of rotatable bonds is 5. The van der Waals surface area contributed by atoms with E-state index in [0.717, 1.165) is 18.4 Å². The molecule has 1 saturated carbocycles. The highest BCUT2D eigenvalue weighted by atomic mass is 35.5. The molecule has 0 aliphatic heterocycles. The first-order valence-corrected chi connectivity index (χ1v) is 9.85. The van der Waals surface area contributed by atoms with Crippen LogP contribution in [0.25, 0.3) is 0 Å². The molecule has 6 heteroatoms. The van der Waals surface area contributed by atoms with Crippen LogP contribution in [-0.2, 0) is 10.2 Å². The molecule has 2 amide bonds. The van der Waals surface area contributed by atoms with Gasteiger partial charge in [-0.15, -0.1) is 11.3 Å². The summed E-state index contributed by atoms with van der Waals surface area (Å²) in [4.78, 5) is 25.7. The lowest BCUT2D eigenvalue weighted by atomic mass is 9.95. The van der Waals surface area contributed by atoms with Crippen molar-refractivity contribution in [1.82, 2.24) is 0 Å². The molecule has 1 heterocycles. The first-order valence-electron chi connectivity index (χ1n) is 8.59. The largest absolute Gasteiger partial charge is 0.325 e. The number of thiophene rings is 1. The van der Waals surface area contributed by atoms with Crippen LogP contribution in [0.4, 0.5) is 11.4 Å². The summed E-state index contributed by atoms with van der Waals surface area (Å²) in [5.74, 6) is -0.195. The zero-order chi connectivity index (χ0) is 18.9. The van der Waals surface area contributed by atoms with Crippen LogP contribution in [0.5, 0.6) is 0 Å². The van der Waals surface area contributed by atoms with E-state index >= 15 is 0 Å². The van der Waals surface area contributed by atoms with Crippen LogP contribution < -0.4 is 10.6 Å². The van der Waals surface area contributed by atoms with Gasteiger partial charge in [0, 0.05) is 16.4 Å². The van der Waals surface area contributed by atoms with E-state index in [1.165, 1.54) is 11.3 Å². The van der Waals surface area contributed by atoms with Crippen molar-refractivity contribution < 1.29 is 9.59 Å². The Morgan fingerprint density at radius 2 is 1.63 bits per heavy atom. The molecule has 4 rings (SSSR count). The maximum atomic E-state index is 12.9. The maximum absolute atomic E-state index is 12.9. The smallest absolute Gasteiger partial charge is 0.265 e. The van der Waals surface area contributed by atoms with Crippen LogP contribution in [0, 0.1) is 0 Å². The van der Waals surface area contributed by atoms with Crippen LogP contribution in [-0.4, -0.2) is 11.8 Å². The highest BCUT2D eigenvalue weighted by Crippen LogP contribution is 2.49. The van der Waals surface area contributed by atoms with Gasteiger partial charge in [0.2, 0.25) is 5.91 Å². The van der Waals surface area contributed by atoms with Gasteiger partial charge in [0.15, 0.2) is 0 Å². The molecule has 0 bridgehead atoms. The number of benzene rings is 2. The summed E-state index contributed by atoms with van der Waals surface area (Å²) < 4.78 is 0. The van der Waals surface area contributed by atoms with Gasteiger partial charge in [-0.3, -0.25) is 9.59 Å². The average Bonchev–Trinajstić information content (AvgIpc) is 3.28. The van der Waals surface area contributed by atoms with Gasteiger partial charge >= 0.3 is 0 Å². The fourth-order valence-corrected chi connectivity index (χ4v) is 3.81. The number of halogens is 1. The maximum Gasteiger partial charge on any atom is 0.265 e. The Morgan fingerprint density at radius 1 is 0.926 bits per heavy atom. The van der Waals surface area contributed by atoms with Crippen molar-refractivity contribution in [2.45, 2.75) is 18.3 Å². The molecule has 136 valence electrons. The van der Waals surface area contributed by atoms with E-state index in [9.17, 15) is 9.59 Å². The fourth-order valence-electron chi connectivity index (χ4n) is 3.07. The molecule has 2 N–H and O–H groups in total. The molecule has 1 aliphatic rings. The summed E-state index contributed by atoms with van der Waals surface area (Å²) in [6.45, 7) is 0. The van der Waals surface area contributed by atoms with E-state index in [4.69, 9.17) is 11.6 Å². The molecule has 0 radical (unpaired) electrons. The fraction of sp³-hybridized carbons (Fsp3) is 0.143. The number of carbonyl (C=O) groups excluding carboxylic acids is 2. The molecular formula is C21H17ClN2O2S. The Balaban J connectivity index is 1.47. The lowest BCUT2D eigenvalue weighted by Crippen LogP contribution is -2.27. The Kier molecular flexibility index (Phi) is 4.72. The van der Waals surface area contributed by atoms with Crippen molar-refractivity contribution in [3.05, 3.63) is 81.5 Å². The minimum absolute atomic E-state index is 0.0356. The molecule has 1 aromatic heterocycles. The summed E-state index contributed by atoms with van der Waals surface area (Å²) in [6, 6.07) is 18.2. The van der Waals surface area contributed by atoms with Crippen molar-refractivity contribution in [1.29, 1.82) is 0 Å². The molecule has 2 aromatic carbocycles. The second kappa shape index (κ2) is 7.18. The summed E-state index contributed by atoms with van der Waals surface area (Å²) in [5.41, 5.74) is 1.79. The molecule has 0 saturated heterocycles. The van der Waals surface area contributed by atoms with E-state index in [2.05, 4.69) is 10.6 Å². The molecule has 0 spiro atoms. The van der Waals surface area contributed by atoms with Gasteiger partial charge in [-0.05, 0) is 60.2 Å². The molecule has 4 nitrogen and oxygen atoms in total. The van der Waals surface area contributed by atoms with Crippen molar-refractivity contribution in [3.63, 3.8) is 0 Å². The van der Waals surface area contributed by atoms with Crippen LogP contribution in [0.3, 0.4) is 0 Å². The van der Waals surface area contributed by atoms with Crippen molar-refractivity contribution >= 4 is 46.1 Å². The number of amides is 2. The van der Waals surface area contributed by atoms with Gasteiger partial charge in [0.25, 0.3) is 5.91 Å². The Labute approximate surface area is 166 Å². The zero-order valence-corrected chi connectivity index (χ0v) is 15.9. The number of anilines is 2. The van der Waals surface area contributed by atoms with Crippen molar-refractivity contribution in [3.8, 4) is 0 Å². The number of hydrogen-bond acceptors (Lipinski definition) is 3. The van der Waals surface area contributed by atoms with E-state index < -0.39 is 5.41 Å². The summed E-state index contributed by atoms with van der Waals surface area (Å²) in [5, 5.41) is 8.36. The van der Waals surface area contributed by atoms with Crippen LogP contribution >= 0.6 is 22.9 Å². The highest BCUT2D eigenvalue weighted by Gasteiger charge is 2.51. The second-order valence-corrected chi connectivity index (χ2v) is 7.94. The van der Waals surface area contributed by atoms with Gasteiger partial charge in [0.05, 0.1) is 10.3 Å². The topological polar surface area (TPSA) is 58.2 Å². The van der Waals surface area contributed by atoms with Gasteiger partial charge in [-0.2, -0.15) is 0 Å². The standard InChI is InChI=1S/C21H17ClN2O2S/c22-15-8-6-14(7-9-15)21(10-11-21)20(26)24-17-4-1-3-16(13-17)23-19(25)18-5-2-12-27-18/h1-9,12-13H,10-11H2,(H,23,25)(H,24,26). The summed E-state index contributed by atoms with van der Waals surface area (Å²) in [6.07, 6.45) is 1.63. The first kappa shape index (κ1) is 17.8. The van der Waals surface area contributed by atoms with Gasteiger partial charge in [-0.25, -0.2) is 0 Å². The number of nitrogens with one attached hydrogen (secondary N) is 2.